The Morgan fingerprint density at radius 1 is 1.45 bits per heavy atom. The summed E-state index contributed by atoms with van der Waals surface area (Å²) in [6.45, 7) is -0.710. The van der Waals surface area contributed by atoms with E-state index >= 15 is 0 Å². The number of rotatable bonds is 3. The molecule has 10 heteroatoms. The topological polar surface area (TPSA) is 105 Å². The molecule has 1 saturated heterocycles. The molecule has 3 N–H and O–H groups in total. The smallest absolute Gasteiger partial charge is 0.330 e. The van der Waals surface area contributed by atoms with Crippen LogP contribution in [0.5, 0.6) is 0 Å². The zero-order chi connectivity index (χ0) is 15.0. The summed E-state index contributed by atoms with van der Waals surface area (Å²) >= 11 is 0. The van der Waals surface area contributed by atoms with Crippen LogP contribution < -0.4 is 11.2 Å². The summed E-state index contributed by atoms with van der Waals surface area (Å²) in [5.41, 5.74) is -3.46. The van der Waals surface area contributed by atoms with E-state index in [1.165, 1.54) is 0 Å². The van der Waals surface area contributed by atoms with E-state index in [9.17, 15) is 27.9 Å². The second-order valence-corrected chi connectivity index (χ2v) is 4.23. The molecule has 2 rings (SSSR count). The minimum absolute atomic E-state index is 0.423. The van der Waals surface area contributed by atoms with Gasteiger partial charge in [0.2, 0.25) is 0 Å². The summed E-state index contributed by atoms with van der Waals surface area (Å²) in [7, 11) is 0. The van der Waals surface area contributed by atoms with Crippen molar-refractivity contribution in [3.63, 3.8) is 0 Å². The van der Waals surface area contributed by atoms with Crippen LogP contribution in [0.15, 0.2) is 15.8 Å². The monoisotopic (exact) mass is 296 g/mol. The minimum atomic E-state index is -3.16. The first kappa shape index (κ1) is 14.8. The molecule has 0 aromatic carbocycles. The molecule has 0 radical (unpaired) electrons. The van der Waals surface area contributed by atoms with E-state index in [1.807, 2.05) is 0 Å². The first-order valence-electron chi connectivity index (χ1n) is 5.58. The van der Waals surface area contributed by atoms with Gasteiger partial charge in [0, 0.05) is 6.20 Å². The van der Waals surface area contributed by atoms with E-state index in [1.54, 1.807) is 4.98 Å². The maximum Gasteiger partial charge on any atom is 0.330 e. The third-order valence-corrected chi connectivity index (χ3v) is 2.98. The number of H-pyrrole nitrogens is 1. The maximum absolute atomic E-state index is 13.8. The Bertz CT molecular complexity index is 601. The molecular formula is C10H11F3N2O5. The van der Waals surface area contributed by atoms with E-state index in [0.717, 1.165) is 0 Å². The third-order valence-electron chi connectivity index (χ3n) is 2.98. The molecule has 1 aromatic heterocycles. The Balaban J connectivity index is 2.46. The molecule has 0 amide bonds. The van der Waals surface area contributed by atoms with Crippen molar-refractivity contribution in [2.45, 2.75) is 31.0 Å². The van der Waals surface area contributed by atoms with Crippen molar-refractivity contribution in [1.82, 2.24) is 9.55 Å². The van der Waals surface area contributed by atoms with Gasteiger partial charge in [-0.05, 0) is 0 Å². The van der Waals surface area contributed by atoms with Crippen molar-refractivity contribution in [3.8, 4) is 0 Å². The van der Waals surface area contributed by atoms with Gasteiger partial charge in [-0.15, -0.1) is 0 Å². The lowest BCUT2D eigenvalue weighted by molar-refractivity contribution is -0.0495. The number of aliphatic hydroxyl groups is 2. The lowest BCUT2D eigenvalue weighted by Crippen LogP contribution is -2.37. The molecule has 0 aliphatic carbocycles. The number of aliphatic hydroxyl groups excluding tert-OH is 2. The predicted octanol–water partition coefficient (Wildman–Crippen LogP) is -0.937. The van der Waals surface area contributed by atoms with Gasteiger partial charge >= 0.3 is 5.69 Å². The van der Waals surface area contributed by atoms with Crippen molar-refractivity contribution in [2.75, 3.05) is 6.61 Å². The van der Waals surface area contributed by atoms with Crippen LogP contribution in [0, 0.1) is 0 Å². The van der Waals surface area contributed by atoms with Gasteiger partial charge in [-0.2, -0.15) is 0 Å². The summed E-state index contributed by atoms with van der Waals surface area (Å²) in [5.74, 6) is 0. The van der Waals surface area contributed by atoms with Crippen molar-refractivity contribution in [2.24, 2.45) is 0 Å². The molecule has 20 heavy (non-hydrogen) atoms. The summed E-state index contributed by atoms with van der Waals surface area (Å²) in [6.07, 6.45) is -9.49. The van der Waals surface area contributed by atoms with Crippen LogP contribution in [0.25, 0.3) is 0 Å². The van der Waals surface area contributed by atoms with Crippen LogP contribution in [-0.4, -0.2) is 44.8 Å². The highest BCUT2D eigenvalue weighted by atomic mass is 19.3. The number of aromatic amines is 1. The van der Waals surface area contributed by atoms with Gasteiger partial charge in [0.15, 0.2) is 12.4 Å². The molecule has 1 aliphatic heterocycles. The first-order chi connectivity index (χ1) is 9.36. The summed E-state index contributed by atoms with van der Waals surface area (Å²) in [4.78, 5) is 24.3. The van der Waals surface area contributed by atoms with Crippen molar-refractivity contribution in [1.29, 1.82) is 0 Å². The molecular weight excluding hydrogens is 285 g/mol. The summed E-state index contributed by atoms with van der Waals surface area (Å²) < 4.78 is 44.3. The second-order valence-electron chi connectivity index (χ2n) is 4.23. The number of aromatic nitrogens is 2. The normalized spacial score (nSPS) is 30.1. The summed E-state index contributed by atoms with van der Waals surface area (Å²) in [5, 5.41) is 18.3. The molecule has 0 spiro atoms. The zero-order valence-electron chi connectivity index (χ0n) is 9.87. The Morgan fingerprint density at radius 2 is 2.10 bits per heavy atom. The van der Waals surface area contributed by atoms with Gasteiger partial charge < -0.3 is 14.9 Å². The van der Waals surface area contributed by atoms with Gasteiger partial charge in [0.1, 0.15) is 12.2 Å². The zero-order valence-corrected chi connectivity index (χ0v) is 9.87. The second kappa shape index (κ2) is 5.38. The SMILES string of the molecule is O=c1[nH]c(=O)n([C@@H]2O[C@H](CO)[C@@H](O)[C@@H]2F)cc1C(F)F. The highest BCUT2D eigenvalue weighted by molar-refractivity contribution is 5.07. The molecule has 1 fully saturated rings. The van der Waals surface area contributed by atoms with E-state index < -0.39 is 54.5 Å². The van der Waals surface area contributed by atoms with Gasteiger partial charge in [-0.3, -0.25) is 14.3 Å². The Morgan fingerprint density at radius 3 is 2.60 bits per heavy atom. The summed E-state index contributed by atoms with van der Waals surface area (Å²) in [6, 6.07) is 0. The van der Waals surface area contributed by atoms with E-state index in [0.29, 0.717) is 10.8 Å². The molecule has 2 heterocycles. The number of hydrogen-bond acceptors (Lipinski definition) is 5. The van der Waals surface area contributed by atoms with Gasteiger partial charge in [0.25, 0.3) is 12.0 Å². The lowest BCUT2D eigenvalue weighted by atomic mass is 10.1. The Hall–Kier alpha value is -1.65. The largest absolute Gasteiger partial charge is 0.394 e. The number of nitrogens with one attached hydrogen (secondary N) is 1. The molecule has 0 unspecified atom stereocenters. The standard InChI is InChI=1S/C10H11F3N2O5/c11-5-6(17)4(2-16)20-9(5)15-1-3(7(12)13)8(18)14-10(15)19/h1,4-7,9,16-17H,2H2,(H,14,18,19)/t4-,5+,6-,9-/m1/s1. The van der Waals surface area contributed by atoms with Crippen LogP contribution in [0.1, 0.15) is 18.2 Å². The van der Waals surface area contributed by atoms with Crippen molar-refractivity contribution < 1.29 is 28.1 Å². The van der Waals surface area contributed by atoms with Crippen LogP contribution >= 0.6 is 0 Å². The van der Waals surface area contributed by atoms with Crippen molar-refractivity contribution in [3.05, 3.63) is 32.6 Å². The third kappa shape index (κ3) is 2.37. The Labute approximate surface area is 109 Å². The van der Waals surface area contributed by atoms with Crippen LogP contribution in [0.4, 0.5) is 13.2 Å². The highest BCUT2D eigenvalue weighted by Crippen LogP contribution is 2.31. The van der Waals surface area contributed by atoms with E-state index in [4.69, 9.17) is 9.84 Å². The molecule has 0 bridgehead atoms. The minimum Gasteiger partial charge on any atom is -0.394 e. The fourth-order valence-electron chi connectivity index (χ4n) is 1.92. The molecule has 7 nitrogen and oxygen atoms in total. The van der Waals surface area contributed by atoms with Crippen molar-refractivity contribution >= 4 is 0 Å². The molecule has 1 aromatic rings. The first-order valence-corrected chi connectivity index (χ1v) is 5.58. The predicted molar refractivity (Wildman–Crippen MR) is 58.2 cm³/mol. The average molecular weight is 296 g/mol. The molecule has 0 saturated carbocycles. The van der Waals surface area contributed by atoms with Crippen LogP contribution in [0.2, 0.25) is 0 Å². The number of alkyl halides is 3. The number of halogens is 3. The number of hydrogen-bond donors (Lipinski definition) is 3. The van der Waals surface area contributed by atoms with E-state index in [-0.39, 0.29) is 0 Å². The molecule has 1 aliphatic rings. The van der Waals surface area contributed by atoms with E-state index in [2.05, 4.69) is 0 Å². The van der Waals surface area contributed by atoms with Gasteiger partial charge in [-0.1, -0.05) is 0 Å². The maximum atomic E-state index is 13.8. The number of nitrogens with zero attached hydrogens (tertiary/aromatic N) is 1. The fraction of sp³-hybridized carbons (Fsp3) is 0.600. The molecule has 4 atom stereocenters. The van der Waals surface area contributed by atoms with Crippen LogP contribution in [-0.2, 0) is 4.74 Å². The highest BCUT2D eigenvalue weighted by Gasteiger charge is 2.45. The number of ether oxygens (including phenoxy) is 1. The Kier molecular flexibility index (Phi) is 3.97. The fourth-order valence-corrected chi connectivity index (χ4v) is 1.92. The van der Waals surface area contributed by atoms with Crippen LogP contribution in [0.3, 0.4) is 0 Å². The average Bonchev–Trinajstić information content (AvgIpc) is 2.66. The lowest BCUT2D eigenvalue weighted by Gasteiger charge is -2.16. The molecule has 112 valence electrons. The quantitative estimate of drug-likeness (QED) is 0.668. The van der Waals surface area contributed by atoms with Gasteiger partial charge in [0.05, 0.1) is 12.2 Å². The van der Waals surface area contributed by atoms with Gasteiger partial charge in [-0.25, -0.2) is 18.0 Å².